The number of hydrogen-bond acceptors (Lipinski definition) is 2. The summed E-state index contributed by atoms with van der Waals surface area (Å²) in [6.07, 6.45) is 1.18. The van der Waals surface area contributed by atoms with Crippen molar-refractivity contribution < 1.29 is 10.2 Å². The van der Waals surface area contributed by atoms with Crippen LogP contribution in [0.3, 0.4) is 0 Å². The van der Waals surface area contributed by atoms with Gasteiger partial charge >= 0.3 is 0 Å². The van der Waals surface area contributed by atoms with Gasteiger partial charge < -0.3 is 10.2 Å². The quantitative estimate of drug-likeness (QED) is 0.858. The van der Waals surface area contributed by atoms with Crippen molar-refractivity contribution >= 4 is 15.9 Å². The molecule has 1 aromatic rings. The Balaban J connectivity index is 2.71. The van der Waals surface area contributed by atoms with Gasteiger partial charge in [-0.2, -0.15) is 0 Å². The molecule has 13 heavy (non-hydrogen) atoms. The number of aliphatic hydroxyl groups excluding tert-OH is 1. The lowest BCUT2D eigenvalue weighted by Crippen LogP contribution is -2.01. The van der Waals surface area contributed by atoms with Gasteiger partial charge in [-0.25, -0.2) is 0 Å². The normalized spacial score (nSPS) is 12.8. The van der Waals surface area contributed by atoms with Crippen molar-refractivity contribution in [3.63, 3.8) is 0 Å². The van der Waals surface area contributed by atoms with E-state index in [2.05, 4.69) is 15.9 Å². The van der Waals surface area contributed by atoms with Gasteiger partial charge in [0, 0.05) is 0 Å². The minimum absolute atomic E-state index is 0.253. The molecule has 0 amide bonds. The van der Waals surface area contributed by atoms with E-state index < -0.39 is 0 Å². The average Bonchev–Trinajstić information content (AvgIpc) is 2.07. The summed E-state index contributed by atoms with van der Waals surface area (Å²) < 4.78 is 0.732. The van der Waals surface area contributed by atoms with Crippen LogP contribution in [-0.4, -0.2) is 16.3 Å². The Labute approximate surface area is 86.3 Å². The average molecular weight is 245 g/mol. The van der Waals surface area contributed by atoms with Gasteiger partial charge in [-0.15, -0.1) is 0 Å². The number of halogens is 1. The zero-order valence-electron chi connectivity index (χ0n) is 7.50. The van der Waals surface area contributed by atoms with Crippen LogP contribution in [0.4, 0.5) is 0 Å². The van der Waals surface area contributed by atoms with E-state index in [0.717, 1.165) is 16.5 Å². The van der Waals surface area contributed by atoms with E-state index in [1.54, 1.807) is 19.1 Å². The summed E-state index contributed by atoms with van der Waals surface area (Å²) in [6.45, 7) is 1.76. The molecule has 0 aromatic heterocycles. The van der Waals surface area contributed by atoms with Crippen LogP contribution in [0.1, 0.15) is 18.9 Å². The predicted octanol–water partition coefficient (Wildman–Crippen LogP) is 2.47. The third kappa shape index (κ3) is 3.01. The molecule has 0 unspecified atom stereocenters. The zero-order chi connectivity index (χ0) is 9.84. The zero-order valence-corrected chi connectivity index (χ0v) is 9.08. The number of aromatic hydroxyl groups is 1. The minimum atomic E-state index is -0.297. The Hall–Kier alpha value is -0.540. The minimum Gasteiger partial charge on any atom is -0.507 e. The summed E-state index contributed by atoms with van der Waals surface area (Å²) in [5.41, 5.74) is 1.03. The third-order valence-electron chi connectivity index (χ3n) is 1.89. The number of rotatable bonds is 3. The molecule has 1 rings (SSSR count). The number of aliphatic hydroxyl groups is 1. The van der Waals surface area contributed by atoms with Gasteiger partial charge in [0.1, 0.15) is 5.75 Å². The van der Waals surface area contributed by atoms with Crippen molar-refractivity contribution in [2.24, 2.45) is 0 Å². The predicted molar refractivity (Wildman–Crippen MR) is 55.8 cm³/mol. The molecule has 72 valence electrons. The maximum absolute atomic E-state index is 9.36. The first kappa shape index (κ1) is 10.5. The molecule has 0 spiro atoms. The Morgan fingerprint density at radius 2 is 2.15 bits per heavy atom. The smallest absolute Gasteiger partial charge is 0.130 e. The fraction of sp³-hybridized carbons (Fsp3) is 0.400. The summed E-state index contributed by atoms with van der Waals surface area (Å²) in [4.78, 5) is 0. The van der Waals surface area contributed by atoms with Gasteiger partial charge in [-0.05, 0) is 47.3 Å². The Morgan fingerprint density at radius 1 is 1.46 bits per heavy atom. The molecule has 0 aliphatic rings. The van der Waals surface area contributed by atoms with Gasteiger partial charge in [-0.1, -0.05) is 12.1 Å². The Kier molecular flexibility index (Phi) is 3.75. The highest BCUT2D eigenvalue weighted by Crippen LogP contribution is 2.28. The van der Waals surface area contributed by atoms with Crippen molar-refractivity contribution in [2.75, 3.05) is 0 Å². The van der Waals surface area contributed by atoms with E-state index in [0.29, 0.717) is 6.42 Å². The maximum atomic E-state index is 9.36. The van der Waals surface area contributed by atoms with E-state index in [-0.39, 0.29) is 11.9 Å². The summed E-state index contributed by atoms with van der Waals surface area (Å²) in [6, 6.07) is 5.37. The molecule has 1 aromatic carbocycles. The first-order chi connectivity index (χ1) is 6.11. The van der Waals surface area contributed by atoms with E-state index in [1.807, 2.05) is 6.07 Å². The molecule has 0 saturated heterocycles. The second-order valence-electron chi connectivity index (χ2n) is 3.14. The molecule has 0 radical (unpaired) electrons. The van der Waals surface area contributed by atoms with Crippen LogP contribution in [-0.2, 0) is 6.42 Å². The molecule has 0 heterocycles. The van der Waals surface area contributed by atoms with Crippen LogP contribution in [0.15, 0.2) is 22.7 Å². The maximum Gasteiger partial charge on any atom is 0.130 e. The number of benzene rings is 1. The van der Waals surface area contributed by atoms with Crippen LogP contribution in [0.2, 0.25) is 0 Å². The number of phenolic OH excluding ortho intramolecular Hbond substituents is 1. The van der Waals surface area contributed by atoms with E-state index in [1.165, 1.54) is 0 Å². The van der Waals surface area contributed by atoms with Crippen LogP contribution in [0.5, 0.6) is 5.75 Å². The van der Waals surface area contributed by atoms with E-state index in [9.17, 15) is 5.11 Å². The molecule has 2 N–H and O–H groups in total. The summed E-state index contributed by atoms with van der Waals surface area (Å²) >= 11 is 3.30. The number of hydrogen-bond donors (Lipinski definition) is 2. The lowest BCUT2D eigenvalue weighted by Gasteiger charge is -2.07. The highest BCUT2D eigenvalue weighted by atomic mass is 79.9. The number of phenols is 1. The SMILES string of the molecule is C[C@@H](O)CCc1cccc(O)c1Br. The molecule has 1 atom stereocenters. The fourth-order valence-corrected chi connectivity index (χ4v) is 1.59. The van der Waals surface area contributed by atoms with E-state index in [4.69, 9.17) is 5.11 Å². The molecule has 0 bridgehead atoms. The lowest BCUT2D eigenvalue weighted by molar-refractivity contribution is 0.185. The molecular formula is C10H13BrO2. The molecule has 2 nitrogen and oxygen atoms in total. The standard InChI is InChI=1S/C10H13BrO2/c1-7(12)5-6-8-3-2-4-9(13)10(8)11/h2-4,7,12-13H,5-6H2,1H3/t7-/m1/s1. The Morgan fingerprint density at radius 3 is 2.77 bits per heavy atom. The van der Waals surface area contributed by atoms with Gasteiger partial charge in [0.2, 0.25) is 0 Å². The molecular weight excluding hydrogens is 232 g/mol. The highest BCUT2D eigenvalue weighted by Gasteiger charge is 2.05. The largest absolute Gasteiger partial charge is 0.507 e. The van der Waals surface area contributed by atoms with Gasteiger partial charge in [0.25, 0.3) is 0 Å². The molecule has 0 fully saturated rings. The van der Waals surface area contributed by atoms with Crippen molar-refractivity contribution in [1.29, 1.82) is 0 Å². The Bertz CT molecular complexity index is 284. The molecule has 0 aliphatic carbocycles. The first-order valence-corrected chi connectivity index (χ1v) is 5.05. The van der Waals surface area contributed by atoms with Gasteiger partial charge in [0.05, 0.1) is 10.6 Å². The number of aryl methyl sites for hydroxylation is 1. The van der Waals surface area contributed by atoms with Crippen molar-refractivity contribution in [1.82, 2.24) is 0 Å². The molecule has 3 heteroatoms. The summed E-state index contributed by atoms with van der Waals surface area (Å²) in [5.74, 6) is 0.253. The van der Waals surface area contributed by atoms with Crippen molar-refractivity contribution in [2.45, 2.75) is 25.9 Å². The topological polar surface area (TPSA) is 40.5 Å². The second-order valence-corrected chi connectivity index (χ2v) is 3.93. The van der Waals surface area contributed by atoms with Crippen LogP contribution < -0.4 is 0 Å². The lowest BCUT2D eigenvalue weighted by atomic mass is 10.1. The monoisotopic (exact) mass is 244 g/mol. The van der Waals surface area contributed by atoms with Gasteiger partial charge in [-0.3, -0.25) is 0 Å². The molecule has 0 saturated carbocycles. The van der Waals surface area contributed by atoms with Crippen LogP contribution >= 0.6 is 15.9 Å². The molecule has 0 aliphatic heterocycles. The highest BCUT2D eigenvalue weighted by molar-refractivity contribution is 9.10. The van der Waals surface area contributed by atoms with Crippen LogP contribution in [0.25, 0.3) is 0 Å². The fourth-order valence-electron chi connectivity index (χ4n) is 1.12. The third-order valence-corrected chi connectivity index (χ3v) is 2.81. The second kappa shape index (κ2) is 4.63. The van der Waals surface area contributed by atoms with Gasteiger partial charge in [0.15, 0.2) is 0 Å². The van der Waals surface area contributed by atoms with Crippen molar-refractivity contribution in [3.05, 3.63) is 28.2 Å². The van der Waals surface area contributed by atoms with E-state index >= 15 is 0 Å². The van der Waals surface area contributed by atoms with Crippen molar-refractivity contribution in [3.8, 4) is 5.75 Å². The summed E-state index contributed by atoms with van der Waals surface area (Å²) in [5, 5.41) is 18.5. The summed E-state index contributed by atoms with van der Waals surface area (Å²) in [7, 11) is 0. The first-order valence-electron chi connectivity index (χ1n) is 4.25. The van der Waals surface area contributed by atoms with Crippen LogP contribution in [0, 0.1) is 0 Å².